The second-order valence-electron chi connectivity index (χ2n) is 3.89. The van der Waals surface area contributed by atoms with Gasteiger partial charge in [0.05, 0.1) is 11.2 Å². The van der Waals surface area contributed by atoms with E-state index in [0.717, 1.165) is 35.6 Å². The topological polar surface area (TPSA) is 61.0 Å². The van der Waals surface area contributed by atoms with E-state index in [0.29, 0.717) is 6.41 Å². The molecular weight excluding hydrogens is 216 g/mol. The summed E-state index contributed by atoms with van der Waals surface area (Å²) in [7, 11) is 0. The maximum absolute atomic E-state index is 10.5. The number of carbonyl (C=O) groups is 1. The minimum atomic E-state index is 0.666. The van der Waals surface area contributed by atoms with E-state index in [-0.39, 0.29) is 0 Å². The van der Waals surface area contributed by atoms with Crippen LogP contribution in [-0.2, 0) is 4.79 Å². The summed E-state index contributed by atoms with van der Waals surface area (Å²) >= 11 is 0. The average molecular weight is 228 g/mol. The van der Waals surface area contributed by atoms with Gasteiger partial charge in [-0.25, -0.2) is 4.98 Å². The summed E-state index contributed by atoms with van der Waals surface area (Å²) in [6.07, 6.45) is 5.83. The van der Waals surface area contributed by atoms with Crippen molar-refractivity contribution in [2.75, 3.05) is 16.8 Å². The number of anilines is 2. The lowest BCUT2D eigenvalue weighted by molar-refractivity contribution is -0.105. The largest absolute Gasteiger partial charge is 0.327 e. The van der Waals surface area contributed by atoms with Crippen LogP contribution < -0.4 is 10.2 Å². The highest BCUT2D eigenvalue weighted by molar-refractivity contribution is 5.94. The Balaban J connectivity index is 2.08. The van der Waals surface area contributed by atoms with Gasteiger partial charge in [-0.3, -0.25) is 4.79 Å². The number of hydrogen-bond donors (Lipinski definition) is 2. The maximum Gasteiger partial charge on any atom is 0.211 e. The highest BCUT2D eigenvalue weighted by atomic mass is 16.1. The third kappa shape index (κ3) is 1.65. The molecule has 1 aliphatic rings. The van der Waals surface area contributed by atoms with Crippen LogP contribution in [0, 0.1) is 0 Å². The Bertz CT molecular complexity index is 587. The fourth-order valence-electron chi connectivity index (χ4n) is 2.00. The van der Waals surface area contributed by atoms with Gasteiger partial charge in [0, 0.05) is 12.7 Å². The number of para-hydroxylation sites is 1. The summed E-state index contributed by atoms with van der Waals surface area (Å²) in [5.74, 6) is 0.814. The number of nitrogens with zero attached hydrogens (tertiary/aromatic N) is 2. The number of nitrogens with one attached hydrogen (secondary N) is 2. The molecular formula is C12H12N4O. The van der Waals surface area contributed by atoms with Crippen LogP contribution in [-0.4, -0.2) is 22.9 Å². The molecule has 0 saturated heterocycles. The second kappa shape index (κ2) is 3.93. The zero-order valence-corrected chi connectivity index (χ0v) is 9.18. The Labute approximate surface area is 98.1 Å². The van der Waals surface area contributed by atoms with Crippen molar-refractivity contribution in [3.8, 4) is 0 Å². The molecule has 1 amide bonds. The Morgan fingerprint density at radius 2 is 2.41 bits per heavy atom. The van der Waals surface area contributed by atoms with Crippen molar-refractivity contribution in [1.29, 1.82) is 0 Å². The minimum Gasteiger partial charge on any atom is -0.327 e. The zero-order chi connectivity index (χ0) is 11.7. The molecule has 17 heavy (non-hydrogen) atoms. The number of fused-ring (bicyclic) bond motifs is 1. The third-order valence-electron chi connectivity index (χ3n) is 2.81. The molecule has 0 unspecified atom stereocenters. The summed E-state index contributed by atoms with van der Waals surface area (Å²) in [5.41, 5.74) is 2.44. The van der Waals surface area contributed by atoms with Crippen molar-refractivity contribution in [3.63, 3.8) is 0 Å². The van der Waals surface area contributed by atoms with Crippen molar-refractivity contribution in [2.45, 2.75) is 6.42 Å². The number of rotatable bonds is 3. The highest BCUT2D eigenvalue weighted by Gasteiger charge is 2.13. The number of H-pyrrole nitrogens is 1. The summed E-state index contributed by atoms with van der Waals surface area (Å²) in [5, 5.41) is 2.65. The molecule has 1 aromatic heterocycles. The van der Waals surface area contributed by atoms with E-state index in [1.54, 1.807) is 0 Å². The maximum atomic E-state index is 10.5. The molecule has 5 nitrogen and oxygen atoms in total. The van der Waals surface area contributed by atoms with Crippen molar-refractivity contribution in [2.24, 2.45) is 0 Å². The zero-order valence-electron chi connectivity index (χ0n) is 9.18. The molecule has 0 bridgehead atoms. The van der Waals surface area contributed by atoms with Gasteiger partial charge in [0.2, 0.25) is 12.4 Å². The van der Waals surface area contributed by atoms with Crippen molar-refractivity contribution in [1.82, 2.24) is 9.97 Å². The standard InChI is InChI=1S/C12H12N4O/c17-8-13-9-4-3-5-10-11(9)15-12(14-10)16-6-1-2-7-16/h1,3-6,8H,2,7H2,(H,13,17)(H,14,15). The predicted molar refractivity (Wildman–Crippen MR) is 66.9 cm³/mol. The minimum absolute atomic E-state index is 0.666. The van der Waals surface area contributed by atoms with Crippen LogP contribution in [0.3, 0.4) is 0 Å². The Morgan fingerprint density at radius 1 is 1.47 bits per heavy atom. The van der Waals surface area contributed by atoms with E-state index in [4.69, 9.17) is 0 Å². The van der Waals surface area contributed by atoms with Crippen LogP contribution in [0.15, 0.2) is 30.5 Å². The van der Waals surface area contributed by atoms with Gasteiger partial charge in [-0.05, 0) is 18.6 Å². The normalized spacial score (nSPS) is 14.5. The van der Waals surface area contributed by atoms with Gasteiger partial charge < -0.3 is 15.2 Å². The SMILES string of the molecule is O=CNc1cccc2[nH]c(N3C=CCC3)nc12. The number of aromatic amines is 1. The number of carbonyl (C=O) groups excluding carboxylic acids is 1. The molecule has 2 N–H and O–H groups in total. The fourth-order valence-corrected chi connectivity index (χ4v) is 2.00. The molecule has 0 atom stereocenters. The molecule has 2 aromatic rings. The van der Waals surface area contributed by atoms with Crippen molar-refractivity contribution in [3.05, 3.63) is 30.5 Å². The van der Waals surface area contributed by atoms with Gasteiger partial charge in [-0.2, -0.15) is 0 Å². The van der Waals surface area contributed by atoms with Gasteiger partial charge in [0.1, 0.15) is 5.52 Å². The lowest BCUT2D eigenvalue weighted by atomic mass is 10.3. The predicted octanol–water partition coefficient (Wildman–Crippen LogP) is 1.85. The van der Waals surface area contributed by atoms with Crippen LogP contribution >= 0.6 is 0 Å². The highest BCUT2D eigenvalue weighted by Crippen LogP contribution is 2.25. The first-order valence-electron chi connectivity index (χ1n) is 5.51. The molecule has 0 spiro atoms. The lowest BCUT2D eigenvalue weighted by Crippen LogP contribution is -2.13. The fraction of sp³-hybridized carbons (Fsp3) is 0.167. The molecule has 3 rings (SSSR count). The first-order chi connectivity index (χ1) is 8.38. The second-order valence-corrected chi connectivity index (χ2v) is 3.89. The summed E-state index contributed by atoms with van der Waals surface area (Å²) in [6, 6.07) is 5.67. The number of aromatic nitrogens is 2. The van der Waals surface area contributed by atoms with Crippen molar-refractivity contribution >= 4 is 29.1 Å². The van der Waals surface area contributed by atoms with Gasteiger partial charge in [0.25, 0.3) is 0 Å². The van der Waals surface area contributed by atoms with Crippen LogP contribution in [0.4, 0.5) is 11.6 Å². The van der Waals surface area contributed by atoms with Gasteiger partial charge >= 0.3 is 0 Å². The van der Waals surface area contributed by atoms with E-state index in [9.17, 15) is 4.79 Å². The van der Waals surface area contributed by atoms with E-state index < -0.39 is 0 Å². The van der Waals surface area contributed by atoms with E-state index in [1.165, 1.54) is 0 Å². The monoisotopic (exact) mass is 228 g/mol. The first kappa shape index (κ1) is 9.89. The number of imidazole rings is 1. The molecule has 5 heteroatoms. The number of hydrogen-bond acceptors (Lipinski definition) is 3. The molecule has 0 aliphatic carbocycles. The molecule has 1 aromatic carbocycles. The van der Waals surface area contributed by atoms with Crippen LogP contribution in [0.1, 0.15) is 6.42 Å². The molecule has 0 saturated carbocycles. The summed E-state index contributed by atoms with van der Waals surface area (Å²) in [4.78, 5) is 20.3. The van der Waals surface area contributed by atoms with Crippen LogP contribution in [0.25, 0.3) is 11.0 Å². The number of benzene rings is 1. The Morgan fingerprint density at radius 3 is 3.18 bits per heavy atom. The molecule has 0 radical (unpaired) electrons. The quantitative estimate of drug-likeness (QED) is 0.788. The van der Waals surface area contributed by atoms with Gasteiger partial charge in [0.15, 0.2) is 0 Å². The molecule has 86 valence electrons. The number of amides is 1. The van der Waals surface area contributed by atoms with Gasteiger partial charge in [-0.1, -0.05) is 12.1 Å². The summed E-state index contributed by atoms with van der Waals surface area (Å²) in [6.45, 7) is 0.941. The van der Waals surface area contributed by atoms with E-state index in [2.05, 4.69) is 26.3 Å². The molecule has 0 fully saturated rings. The first-order valence-corrected chi connectivity index (χ1v) is 5.51. The lowest BCUT2D eigenvalue weighted by Gasteiger charge is -2.09. The van der Waals surface area contributed by atoms with E-state index in [1.807, 2.05) is 24.4 Å². The van der Waals surface area contributed by atoms with Crippen LogP contribution in [0.5, 0.6) is 0 Å². The summed E-state index contributed by atoms with van der Waals surface area (Å²) < 4.78 is 0. The van der Waals surface area contributed by atoms with E-state index >= 15 is 0 Å². The van der Waals surface area contributed by atoms with Crippen molar-refractivity contribution < 1.29 is 4.79 Å². The van der Waals surface area contributed by atoms with Crippen LogP contribution in [0.2, 0.25) is 0 Å². The molecule has 1 aliphatic heterocycles. The van der Waals surface area contributed by atoms with Gasteiger partial charge in [-0.15, -0.1) is 0 Å². The molecule has 2 heterocycles. The Hall–Kier alpha value is -2.30. The third-order valence-corrected chi connectivity index (χ3v) is 2.81. The Kier molecular flexibility index (Phi) is 2.29. The average Bonchev–Trinajstić information content (AvgIpc) is 2.98. The smallest absolute Gasteiger partial charge is 0.211 e.